The van der Waals surface area contributed by atoms with Crippen molar-refractivity contribution in [1.82, 2.24) is 10.2 Å². The lowest BCUT2D eigenvalue weighted by atomic mass is 10.3. The molecule has 4 nitrogen and oxygen atoms in total. The van der Waals surface area contributed by atoms with Crippen LogP contribution in [0.15, 0.2) is 0 Å². The molecule has 0 saturated heterocycles. The van der Waals surface area contributed by atoms with E-state index in [2.05, 4.69) is 12.2 Å². The summed E-state index contributed by atoms with van der Waals surface area (Å²) >= 11 is 5.50. The summed E-state index contributed by atoms with van der Waals surface area (Å²) in [6.45, 7) is 3.77. The molecule has 5 heteroatoms. The van der Waals surface area contributed by atoms with Crippen LogP contribution in [0, 0.1) is 0 Å². The molecule has 2 amide bonds. The van der Waals surface area contributed by atoms with Gasteiger partial charge in [0, 0.05) is 25.5 Å². The van der Waals surface area contributed by atoms with Crippen LogP contribution in [0.25, 0.3) is 0 Å². The topological polar surface area (TPSA) is 52.6 Å². The Labute approximate surface area is 96.6 Å². The van der Waals surface area contributed by atoms with Crippen molar-refractivity contribution in [2.45, 2.75) is 26.2 Å². The van der Waals surface area contributed by atoms with Gasteiger partial charge in [-0.15, -0.1) is 11.6 Å². The fourth-order valence-electron chi connectivity index (χ4n) is 1.16. The predicted octanol–water partition coefficient (Wildman–Crippen LogP) is 1.42. The van der Waals surface area contributed by atoms with Crippen LogP contribution in [0.3, 0.4) is 0 Å². The lowest BCUT2D eigenvalue weighted by molar-refractivity contribution is 0.176. The van der Waals surface area contributed by atoms with Crippen molar-refractivity contribution in [3.8, 4) is 0 Å². The third kappa shape index (κ3) is 7.45. The normalized spacial score (nSPS) is 10.1. The molecule has 2 N–H and O–H groups in total. The summed E-state index contributed by atoms with van der Waals surface area (Å²) in [4.78, 5) is 13.2. The van der Waals surface area contributed by atoms with Crippen LogP contribution in [-0.2, 0) is 0 Å². The third-order valence-electron chi connectivity index (χ3n) is 2.03. The summed E-state index contributed by atoms with van der Waals surface area (Å²) in [5.74, 6) is 0.551. The molecule has 0 aliphatic rings. The maximum atomic E-state index is 11.6. The molecule has 0 aliphatic carbocycles. The van der Waals surface area contributed by atoms with E-state index in [9.17, 15) is 4.79 Å². The summed E-state index contributed by atoms with van der Waals surface area (Å²) < 4.78 is 0. The molecular formula is C10H21ClN2O2. The molecule has 0 spiro atoms. The molecular weight excluding hydrogens is 216 g/mol. The van der Waals surface area contributed by atoms with E-state index in [-0.39, 0.29) is 12.6 Å². The zero-order valence-electron chi connectivity index (χ0n) is 9.34. The smallest absolute Gasteiger partial charge is 0.317 e. The summed E-state index contributed by atoms with van der Waals surface area (Å²) in [6.07, 6.45) is 2.77. The van der Waals surface area contributed by atoms with E-state index >= 15 is 0 Å². The molecule has 90 valence electrons. The number of hydrogen-bond acceptors (Lipinski definition) is 2. The van der Waals surface area contributed by atoms with Gasteiger partial charge in [0.1, 0.15) is 0 Å². The number of carbonyl (C=O) groups is 1. The highest BCUT2D eigenvalue weighted by atomic mass is 35.5. The van der Waals surface area contributed by atoms with Gasteiger partial charge in [-0.2, -0.15) is 0 Å². The highest BCUT2D eigenvalue weighted by Gasteiger charge is 2.10. The number of aliphatic hydroxyl groups excluding tert-OH is 1. The van der Waals surface area contributed by atoms with Gasteiger partial charge >= 0.3 is 6.03 Å². The van der Waals surface area contributed by atoms with Crippen LogP contribution in [-0.4, -0.2) is 48.2 Å². The lowest BCUT2D eigenvalue weighted by Crippen LogP contribution is -2.42. The molecule has 0 rings (SSSR count). The number of amides is 2. The fraction of sp³-hybridized carbons (Fsp3) is 0.900. The van der Waals surface area contributed by atoms with E-state index in [1.807, 2.05) is 0 Å². The van der Waals surface area contributed by atoms with Gasteiger partial charge in [-0.05, 0) is 12.8 Å². The molecule has 0 unspecified atom stereocenters. The Morgan fingerprint density at radius 2 is 2.13 bits per heavy atom. The highest BCUT2D eigenvalue weighted by Crippen LogP contribution is 1.95. The van der Waals surface area contributed by atoms with Crippen molar-refractivity contribution in [3.63, 3.8) is 0 Å². The molecule has 0 aromatic carbocycles. The van der Waals surface area contributed by atoms with Gasteiger partial charge in [0.15, 0.2) is 0 Å². The number of aliphatic hydroxyl groups is 1. The van der Waals surface area contributed by atoms with Gasteiger partial charge in [0.25, 0.3) is 0 Å². The van der Waals surface area contributed by atoms with E-state index in [1.165, 1.54) is 0 Å². The molecule has 0 heterocycles. The van der Waals surface area contributed by atoms with Crippen LogP contribution in [0.5, 0.6) is 0 Å². The molecule has 0 aliphatic heterocycles. The first-order valence-corrected chi connectivity index (χ1v) is 5.99. The molecule has 0 fully saturated rings. The number of halogens is 1. The van der Waals surface area contributed by atoms with E-state index < -0.39 is 0 Å². The lowest BCUT2D eigenvalue weighted by Gasteiger charge is -2.21. The van der Waals surface area contributed by atoms with Crippen molar-refractivity contribution in [2.75, 3.05) is 32.1 Å². The SMILES string of the molecule is CCCCN(CCO)C(=O)NCCCCl. The minimum Gasteiger partial charge on any atom is -0.395 e. The first-order chi connectivity index (χ1) is 7.26. The quantitative estimate of drug-likeness (QED) is 0.495. The van der Waals surface area contributed by atoms with Crippen LogP contribution in [0.4, 0.5) is 4.79 Å². The monoisotopic (exact) mass is 236 g/mol. The third-order valence-corrected chi connectivity index (χ3v) is 2.29. The Morgan fingerprint density at radius 3 is 2.67 bits per heavy atom. The molecule has 0 bridgehead atoms. The van der Waals surface area contributed by atoms with Crippen molar-refractivity contribution in [1.29, 1.82) is 0 Å². The van der Waals surface area contributed by atoms with Gasteiger partial charge < -0.3 is 15.3 Å². The van der Waals surface area contributed by atoms with Gasteiger partial charge in [-0.3, -0.25) is 0 Å². The number of nitrogens with zero attached hydrogens (tertiary/aromatic N) is 1. The van der Waals surface area contributed by atoms with Crippen LogP contribution >= 0.6 is 11.6 Å². The average Bonchev–Trinajstić information content (AvgIpc) is 2.24. The second-order valence-electron chi connectivity index (χ2n) is 3.34. The van der Waals surface area contributed by atoms with Gasteiger partial charge in [-0.1, -0.05) is 13.3 Å². The standard InChI is InChI=1S/C10H21ClN2O2/c1-2-3-7-13(8-9-14)10(15)12-6-4-5-11/h14H,2-9H2,1H3,(H,12,15). The fourth-order valence-corrected chi connectivity index (χ4v) is 1.29. The molecule has 0 saturated carbocycles. The van der Waals surface area contributed by atoms with Crippen molar-refractivity contribution in [2.24, 2.45) is 0 Å². The minimum atomic E-state index is -0.109. The van der Waals surface area contributed by atoms with Crippen molar-refractivity contribution in [3.05, 3.63) is 0 Å². The Hall–Kier alpha value is -0.480. The molecule has 0 atom stereocenters. The molecule has 0 radical (unpaired) electrons. The zero-order chi connectivity index (χ0) is 11.5. The first-order valence-electron chi connectivity index (χ1n) is 5.45. The number of rotatable bonds is 8. The average molecular weight is 237 g/mol. The largest absolute Gasteiger partial charge is 0.395 e. The maximum Gasteiger partial charge on any atom is 0.317 e. The Kier molecular flexibility index (Phi) is 9.73. The Morgan fingerprint density at radius 1 is 1.40 bits per heavy atom. The molecule has 0 aromatic rings. The summed E-state index contributed by atoms with van der Waals surface area (Å²) in [7, 11) is 0. The number of carbonyl (C=O) groups excluding carboxylic acids is 1. The second-order valence-corrected chi connectivity index (χ2v) is 3.72. The summed E-state index contributed by atoms with van der Waals surface area (Å²) in [5.41, 5.74) is 0. The number of unbranched alkanes of at least 4 members (excludes halogenated alkanes) is 1. The first kappa shape index (κ1) is 14.5. The number of alkyl halides is 1. The van der Waals surface area contributed by atoms with Crippen LogP contribution in [0.1, 0.15) is 26.2 Å². The zero-order valence-corrected chi connectivity index (χ0v) is 10.1. The van der Waals surface area contributed by atoms with E-state index in [0.717, 1.165) is 19.3 Å². The van der Waals surface area contributed by atoms with E-state index in [1.54, 1.807) is 4.90 Å². The van der Waals surface area contributed by atoms with E-state index in [0.29, 0.717) is 25.5 Å². The summed E-state index contributed by atoms with van der Waals surface area (Å²) in [6, 6.07) is -0.109. The minimum absolute atomic E-state index is 0.00659. The molecule has 15 heavy (non-hydrogen) atoms. The highest BCUT2D eigenvalue weighted by molar-refractivity contribution is 6.17. The van der Waals surface area contributed by atoms with Crippen molar-refractivity contribution >= 4 is 17.6 Å². The number of urea groups is 1. The predicted molar refractivity (Wildman–Crippen MR) is 62.3 cm³/mol. The number of nitrogens with one attached hydrogen (secondary N) is 1. The Balaban J connectivity index is 3.81. The van der Waals surface area contributed by atoms with Gasteiger partial charge in [-0.25, -0.2) is 4.79 Å². The maximum absolute atomic E-state index is 11.6. The van der Waals surface area contributed by atoms with Crippen LogP contribution < -0.4 is 5.32 Å². The summed E-state index contributed by atoms with van der Waals surface area (Å²) in [5, 5.41) is 11.6. The van der Waals surface area contributed by atoms with Crippen LogP contribution in [0.2, 0.25) is 0 Å². The molecule has 0 aromatic heterocycles. The Bertz CT molecular complexity index is 168. The van der Waals surface area contributed by atoms with Gasteiger partial charge in [0.05, 0.1) is 6.61 Å². The van der Waals surface area contributed by atoms with Gasteiger partial charge in [0.2, 0.25) is 0 Å². The second kappa shape index (κ2) is 10.1. The number of hydrogen-bond donors (Lipinski definition) is 2. The van der Waals surface area contributed by atoms with Crippen molar-refractivity contribution < 1.29 is 9.90 Å². The van der Waals surface area contributed by atoms with E-state index in [4.69, 9.17) is 16.7 Å².